The summed E-state index contributed by atoms with van der Waals surface area (Å²) in [4.78, 5) is 37.1. The van der Waals surface area contributed by atoms with E-state index >= 15 is 0 Å². The number of carboxylic acids is 1. The minimum absolute atomic E-state index is 0.149. The van der Waals surface area contributed by atoms with E-state index in [9.17, 15) is 19.5 Å². The summed E-state index contributed by atoms with van der Waals surface area (Å²) < 4.78 is 22.6. The van der Waals surface area contributed by atoms with Gasteiger partial charge in [0, 0.05) is 12.8 Å². The van der Waals surface area contributed by atoms with Crippen LogP contribution in [0.1, 0.15) is 245 Å². The average molecular weight is 866 g/mol. The lowest BCUT2D eigenvalue weighted by Crippen LogP contribution is -2.44. The molecule has 0 radical (unpaired) electrons. The number of likely N-dealkylation sites (N-methyl/N-ethyl adjacent to an activating group) is 1. The van der Waals surface area contributed by atoms with Gasteiger partial charge in [0.15, 0.2) is 12.4 Å². The first-order valence-corrected chi connectivity index (χ1v) is 25.8. The first kappa shape index (κ1) is 59.0. The number of esters is 2. The number of nitrogens with zero attached hydrogens (tertiary/aromatic N) is 1. The van der Waals surface area contributed by atoms with Crippen LogP contribution in [-0.4, -0.2) is 82.3 Å². The summed E-state index contributed by atoms with van der Waals surface area (Å²) in [5, 5.41) is 11.7. The molecule has 0 aliphatic heterocycles. The van der Waals surface area contributed by atoms with Crippen molar-refractivity contribution in [3.63, 3.8) is 0 Å². The molecule has 0 heterocycles. The number of quaternary nitrogens is 1. The summed E-state index contributed by atoms with van der Waals surface area (Å²) in [6.45, 7) is 4.77. The fraction of sp³-hybridized carbons (Fsp3) is 0.904. The van der Waals surface area contributed by atoms with Gasteiger partial charge in [-0.25, -0.2) is 0 Å². The number of allylic oxidation sites excluding steroid dienone is 2. The van der Waals surface area contributed by atoms with Crippen LogP contribution in [0.4, 0.5) is 0 Å². The number of carboxylic acid groups (broad SMARTS) is 1. The first-order valence-electron chi connectivity index (χ1n) is 25.8. The van der Waals surface area contributed by atoms with E-state index in [-0.39, 0.29) is 32.2 Å². The molecule has 0 aromatic carbocycles. The molecule has 0 N–H and O–H groups in total. The van der Waals surface area contributed by atoms with Gasteiger partial charge >= 0.3 is 11.9 Å². The fourth-order valence-electron chi connectivity index (χ4n) is 7.47. The maximum atomic E-state index is 12.8. The van der Waals surface area contributed by atoms with E-state index < -0.39 is 24.3 Å². The minimum Gasteiger partial charge on any atom is -0.545 e. The summed E-state index contributed by atoms with van der Waals surface area (Å²) in [6, 6.07) is 0. The Kier molecular flexibility index (Phi) is 43.2. The molecular weight excluding hydrogens is 767 g/mol. The highest BCUT2D eigenvalue weighted by Gasteiger charge is 2.22. The highest BCUT2D eigenvalue weighted by molar-refractivity contribution is 5.70. The number of rotatable bonds is 48. The molecule has 2 unspecified atom stereocenters. The highest BCUT2D eigenvalue weighted by atomic mass is 16.7. The van der Waals surface area contributed by atoms with Gasteiger partial charge < -0.3 is 33.3 Å². The molecule has 0 aromatic heterocycles. The van der Waals surface area contributed by atoms with Crippen LogP contribution >= 0.6 is 0 Å². The topological polar surface area (TPSA) is 111 Å². The number of carbonyl (C=O) groups is 3. The molecule has 2 atom stereocenters. The molecule has 0 amide bonds. The van der Waals surface area contributed by atoms with E-state index in [1.165, 1.54) is 161 Å². The van der Waals surface area contributed by atoms with Crippen LogP contribution in [0.25, 0.3) is 0 Å². The minimum atomic E-state index is -1.62. The van der Waals surface area contributed by atoms with Crippen LogP contribution in [-0.2, 0) is 33.3 Å². The van der Waals surface area contributed by atoms with Crippen LogP contribution in [0.5, 0.6) is 0 Å². The SMILES string of the molecule is CCCCCCCC/C=C\CCCCCCCC(=O)OC(COC(=O)CCCCCCCCCCCCCCCCCCCCCCC)COC(OCC[N+](C)(C)C)C(=O)[O-]. The summed E-state index contributed by atoms with van der Waals surface area (Å²) in [7, 11) is 5.92. The number of hydrogen-bond donors (Lipinski definition) is 0. The van der Waals surface area contributed by atoms with E-state index in [1.807, 2.05) is 21.1 Å². The third-order valence-corrected chi connectivity index (χ3v) is 11.5. The zero-order valence-electron chi connectivity index (χ0n) is 40.8. The smallest absolute Gasteiger partial charge is 0.306 e. The van der Waals surface area contributed by atoms with Crippen molar-refractivity contribution in [1.29, 1.82) is 0 Å². The third-order valence-electron chi connectivity index (χ3n) is 11.5. The lowest BCUT2D eigenvalue weighted by atomic mass is 10.0. The van der Waals surface area contributed by atoms with Crippen molar-refractivity contribution in [3.8, 4) is 0 Å². The van der Waals surface area contributed by atoms with Gasteiger partial charge in [0.25, 0.3) is 0 Å². The number of hydrogen-bond acceptors (Lipinski definition) is 8. The molecule has 360 valence electrons. The maximum Gasteiger partial charge on any atom is 0.306 e. The Bertz CT molecular complexity index is 1010. The lowest BCUT2D eigenvalue weighted by molar-refractivity contribution is -0.870. The monoisotopic (exact) mass is 866 g/mol. The fourth-order valence-corrected chi connectivity index (χ4v) is 7.47. The van der Waals surface area contributed by atoms with Gasteiger partial charge in [-0.15, -0.1) is 0 Å². The quantitative estimate of drug-likeness (QED) is 0.0195. The second kappa shape index (κ2) is 44.6. The van der Waals surface area contributed by atoms with Crippen LogP contribution in [0.15, 0.2) is 12.2 Å². The van der Waals surface area contributed by atoms with Crippen molar-refractivity contribution in [3.05, 3.63) is 12.2 Å². The molecule has 0 saturated carbocycles. The predicted octanol–water partition coefficient (Wildman–Crippen LogP) is 12.9. The Morgan fingerprint density at radius 3 is 1.21 bits per heavy atom. The predicted molar refractivity (Wildman–Crippen MR) is 251 cm³/mol. The summed E-state index contributed by atoms with van der Waals surface area (Å²) in [6.07, 6.45) is 45.3. The molecular formula is C52H99NO8. The third kappa shape index (κ3) is 45.9. The number of carbonyl (C=O) groups excluding carboxylic acids is 3. The van der Waals surface area contributed by atoms with Crippen molar-refractivity contribution in [2.45, 2.75) is 257 Å². The van der Waals surface area contributed by atoms with Crippen LogP contribution < -0.4 is 5.11 Å². The zero-order valence-corrected chi connectivity index (χ0v) is 40.8. The molecule has 9 nitrogen and oxygen atoms in total. The largest absolute Gasteiger partial charge is 0.545 e. The Hall–Kier alpha value is -1.97. The number of unbranched alkanes of at least 4 members (excludes halogenated alkanes) is 31. The van der Waals surface area contributed by atoms with Gasteiger partial charge in [0.1, 0.15) is 13.2 Å². The van der Waals surface area contributed by atoms with Crippen molar-refractivity contribution in [2.75, 3.05) is 47.5 Å². The Morgan fingerprint density at radius 1 is 0.475 bits per heavy atom. The van der Waals surface area contributed by atoms with E-state index in [4.69, 9.17) is 18.9 Å². The Balaban J connectivity index is 4.28. The van der Waals surface area contributed by atoms with Crippen molar-refractivity contribution in [1.82, 2.24) is 0 Å². The first-order chi connectivity index (χ1) is 29.6. The van der Waals surface area contributed by atoms with E-state index in [0.717, 1.165) is 51.4 Å². The highest BCUT2D eigenvalue weighted by Crippen LogP contribution is 2.16. The molecule has 0 aromatic rings. The maximum absolute atomic E-state index is 12.8. The van der Waals surface area contributed by atoms with E-state index in [1.54, 1.807) is 0 Å². The van der Waals surface area contributed by atoms with E-state index in [0.29, 0.717) is 23.9 Å². The molecule has 0 spiro atoms. The van der Waals surface area contributed by atoms with Crippen molar-refractivity contribution in [2.24, 2.45) is 0 Å². The molecule has 0 saturated heterocycles. The van der Waals surface area contributed by atoms with Crippen molar-refractivity contribution < 1.29 is 42.9 Å². The molecule has 0 aliphatic carbocycles. The van der Waals surface area contributed by atoms with Crippen LogP contribution in [0, 0.1) is 0 Å². The Morgan fingerprint density at radius 2 is 0.836 bits per heavy atom. The van der Waals surface area contributed by atoms with Gasteiger partial charge in [-0.1, -0.05) is 206 Å². The van der Waals surface area contributed by atoms with Crippen LogP contribution in [0.3, 0.4) is 0 Å². The summed E-state index contributed by atoms with van der Waals surface area (Å²) >= 11 is 0. The second-order valence-corrected chi connectivity index (χ2v) is 18.8. The Labute approximate surface area is 376 Å². The van der Waals surface area contributed by atoms with E-state index in [2.05, 4.69) is 26.0 Å². The molecule has 0 fully saturated rings. The average Bonchev–Trinajstić information content (AvgIpc) is 3.22. The number of ether oxygens (including phenoxy) is 4. The standard InChI is InChI=1S/C52H99NO8/c1-6-8-10-12-14-16-18-20-22-23-24-25-26-27-29-30-32-34-36-38-40-42-49(54)59-46-48(47-60-52(51(56)57)58-45-44-53(3,4)5)61-50(55)43-41-39-37-35-33-31-28-21-19-17-15-13-11-9-7-2/h21,28,48,52H,6-20,22-27,29-47H2,1-5H3/b28-21-. The summed E-state index contributed by atoms with van der Waals surface area (Å²) in [5.41, 5.74) is 0. The van der Waals surface area contributed by atoms with Crippen LogP contribution in [0.2, 0.25) is 0 Å². The number of aliphatic carboxylic acids is 1. The van der Waals surface area contributed by atoms with Gasteiger partial charge in [-0.05, 0) is 38.5 Å². The second-order valence-electron chi connectivity index (χ2n) is 18.8. The molecule has 9 heteroatoms. The lowest BCUT2D eigenvalue weighted by Gasteiger charge is -2.26. The van der Waals surface area contributed by atoms with Gasteiger partial charge in [-0.2, -0.15) is 0 Å². The van der Waals surface area contributed by atoms with Gasteiger partial charge in [0.2, 0.25) is 0 Å². The molecule has 0 rings (SSSR count). The zero-order chi connectivity index (χ0) is 44.9. The molecule has 61 heavy (non-hydrogen) atoms. The van der Waals surface area contributed by atoms with Gasteiger partial charge in [0.05, 0.1) is 40.3 Å². The molecule has 0 bridgehead atoms. The summed E-state index contributed by atoms with van der Waals surface area (Å²) in [5.74, 6) is -2.28. The van der Waals surface area contributed by atoms with Gasteiger partial charge in [-0.3, -0.25) is 9.59 Å². The molecule has 0 aliphatic rings. The van der Waals surface area contributed by atoms with Crippen molar-refractivity contribution >= 4 is 17.9 Å². The normalized spacial score (nSPS) is 12.9.